The largest absolute Gasteiger partial charge is 0.487 e. The van der Waals surface area contributed by atoms with E-state index in [9.17, 15) is 14.7 Å². The second-order valence-electron chi connectivity index (χ2n) is 11.3. The van der Waals surface area contributed by atoms with E-state index in [1.807, 2.05) is 45.3 Å². The molecule has 1 N–H and O–H groups in total. The molecule has 4 atom stereocenters. The molecule has 2 fully saturated rings. The van der Waals surface area contributed by atoms with Crippen molar-refractivity contribution in [2.24, 2.45) is 5.92 Å². The Morgan fingerprint density at radius 3 is 2.59 bits per heavy atom. The molecule has 7 heteroatoms. The van der Waals surface area contributed by atoms with Crippen molar-refractivity contribution in [3.05, 3.63) is 59.7 Å². The summed E-state index contributed by atoms with van der Waals surface area (Å²) in [6.45, 7) is 3.26. The average Bonchev–Trinajstić information content (AvgIpc) is 3.29. The van der Waals surface area contributed by atoms with Crippen LogP contribution in [0.15, 0.2) is 48.5 Å². The molecule has 3 aliphatic heterocycles. The van der Waals surface area contributed by atoms with Crippen molar-refractivity contribution < 1.29 is 24.2 Å². The highest BCUT2D eigenvalue weighted by atomic mass is 16.5. The molecule has 2 aromatic carbocycles. The third-order valence-corrected chi connectivity index (χ3v) is 8.66. The third-order valence-electron chi connectivity index (χ3n) is 8.66. The van der Waals surface area contributed by atoms with Crippen LogP contribution in [-0.4, -0.2) is 60.3 Å². The van der Waals surface area contributed by atoms with Gasteiger partial charge in [-0.1, -0.05) is 30.3 Å². The van der Waals surface area contributed by atoms with Crippen LogP contribution < -0.4 is 9.64 Å². The number of aliphatic carboxylic acids is 1. The molecule has 0 unspecified atom stereocenters. The number of carboxylic acids is 1. The zero-order valence-corrected chi connectivity index (χ0v) is 22.1. The van der Waals surface area contributed by atoms with Gasteiger partial charge in [-0.2, -0.15) is 0 Å². The number of benzene rings is 2. The summed E-state index contributed by atoms with van der Waals surface area (Å²) in [6.07, 6.45) is 4.04. The van der Waals surface area contributed by atoms with Gasteiger partial charge in [-0.3, -0.25) is 9.59 Å². The number of ether oxygens (including phenoxy) is 2. The normalized spacial score (nSPS) is 28.4. The third kappa shape index (κ3) is 4.93. The number of aryl methyl sites for hydroxylation is 1. The molecule has 7 nitrogen and oxygen atoms in total. The molecule has 1 spiro atoms. The molecule has 37 heavy (non-hydrogen) atoms. The summed E-state index contributed by atoms with van der Waals surface area (Å²) in [4.78, 5) is 29.2. The number of hydrogen-bond acceptors (Lipinski definition) is 5. The number of amides is 1. The van der Waals surface area contributed by atoms with Crippen molar-refractivity contribution in [2.45, 2.75) is 69.1 Å². The van der Waals surface area contributed by atoms with E-state index in [1.54, 1.807) is 0 Å². The predicted molar refractivity (Wildman–Crippen MR) is 142 cm³/mol. The fourth-order valence-electron chi connectivity index (χ4n) is 6.54. The Bertz CT molecular complexity index is 1150. The number of carboxylic acid groups (broad SMARTS) is 1. The summed E-state index contributed by atoms with van der Waals surface area (Å²) in [6, 6.07) is 16.3. The lowest BCUT2D eigenvalue weighted by molar-refractivity contribution is -0.180. The Kier molecular flexibility index (Phi) is 6.92. The first kappa shape index (κ1) is 25.6. The van der Waals surface area contributed by atoms with Crippen LogP contribution in [-0.2, 0) is 20.7 Å². The van der Waals surface area contributed by atoms with Gasteiger partial charge in [-0.05, 0) is 62.8 Å². The van der Waals surface area contributed by atoms with E-state index in [0.29, 0.717) is 25.9 Å². The maximum Gasteiger partial charge on any atom is 0.303 e. The second-order valence-corrected chi connectivity index (χ2v) is 11.3. The SMILES string of the molecule is CN(C)c1ccc(CCC(=O)N2CCC[C@]23CO[C@H]2c4ccccc4O[C@@](C)(CCC(=O)O)[C@@H]2C3)cc1. The van der Waals surface area contributed by atoms with Crippen LogP contribution in [0.25, 0.3) is 0 Å². The predicted octanol–water partition coefficient (Wildman–Crippen LogP) is 4.84. The molecule has 2 saturated heterocycles. The minimum atomic E-state index is -0.831. The zero-order valence-electron chi connectivity index (χ0n) is 22.1. The van der Waals surface area contributed by atoms with Gasteiger partial charge >= 0.3 is 5.97 Å². The van der Waals surface area contributed by atoms with Gasteiger partial charge in [0.25, 0.3) is 0 Å². The maximum absolute atomic E-state index is 13.6. The lowest BCUT2D eigenvalue weighted by Gasteiger charge is -2.54. The summed E-state index contributed by atoms with van der Waals surface area (Å²) < 4.78 is 13.1. The van der Waals surface area contributed by atoms with Gasteiger partial charge in [-0.25, -0.2) is 0 Å². The van der Waals surface area contributed by atoms with E-state index in [4.69, 9.17) is 9.47 Å². The second kappa shape index (κ2) is 10.0. The number of carbonyl (C=O) groups is 2. The summed E-state index contributed by atoms with van der Waals surface area (Å²) in [5.74, 6) is 0.0678. The molecule has 0 aromatic heterocycles. The number of rotatable bonds is 7. The minimum Gasteiger partial charge on any atom is -0.487 e. The number of fused-ring (bicyclic) bond motifs is 3. The summed E-state index contributed by atoms with van der Waals surface area (Å²) in [7, 11) is 4.04. The maximum atomic E-state index is 13.6. The molecule has 0 bridgehead atoms. The van der Waals surface area contributed by atoms with Crippen LogP contribution in [0.3, 0.4) is 0 Å². The van der Waals surface area contributed by atoms with Crippen LogP contribution in [0.2, 0.25) is 0 Å². The van der Waals surface area contributed by atoms with E-state index in [-0.39, 0.29) is 29.9 Å². The average molecular weight is 507 g/mol. The molecular formula is C30H38N2O5. The van der Waals surface area contributed by atoms with Gasteiger partial charge in [0.2, 0.25) is 5.91 Å². The Morgan fingerprint density at radius 1 is 1.11 bits per heavy atom. The standard InChI is InChI=1S/C30H38N2O5/c1-29(17-15-27(34)35)24-19-30(20-36-28(24)23-7-4-5-8-25(23)37-29)16-6-18-32(30)26(33)14-11-21-9-12-22(13-10-21)31(2)3/h4-5,7-10,12-13,24,28H,6,11,14-20H2,1-3H3,(H,34,35)/t24-,28+,29+,30+/m1/s1. The number of nitrogens with zero attached hydrogens (tertiary/aromatic N) is 2. The first-order valence-corrected chi connectivity index (χ1v) is 13.4. The van der Waals surface area contributed by atoms with E-state index in [2.05, 4.69) is 34.1 Å². The van der Waals surface area contributed by atoms with Gasteiger partial charge in [0, 0.05) is 50.7 Å². The summed E-state index contributed by atoms with van der Waals surface area (Å²) >= 11 is 0. The number of hydrogen-bond donors (Lipinski definition) is 1. The topological polar surface area (TPSA) is 79.3 Å². The van der Waals surface area contributed by atoms with Gasteiger partial charge < -0.3 is 24.4 Å². The Morgan fingerprint density at radius 2 is 1.86 bits per heavy atom. The molecule has 2 aromatic rings. The Balaban J connectivity index is 1.34. The number of anilines is 1. The van der Waals surface area contributed by atoms with Crippen LogP contribution in [0, 0.1) is 5.92 Å². The molecule has 3 heterocycles. The molecule has 0 saturated carbocycles. The zero-order chi connectivity index (χ0) is 26.2. The van der Waals surface area contributed by atoms with E-state index in [0.717, 1.165) is 48.4 Å². The number of para-hydroxylation sites is 1. The highest BCUT2D eigenvalue weighted by Gasteiger charge is 2.57. The fourth-order valence-corrected chi connectivity index (χ4v) is 6.54. The number of likely N-dealkylation sites (tertiary alicyclic amines) is 1. The van der Waals surface area contributed by atoms with Crippen molar-refractivity contribution in [3.63, 3.8) is 0 Å². The van der Waals surface area contributed by atoms with Gasteiger partial charge in [0.05, 0.1) is 18.2 Å². The molecule has 0 aliphatic carbocycles. The van der Waals surface area contributed by atoms with Crippen molar-refractivity contribution >= 4 is 17.6 Å². The van der Waals surface area contributed by atoms with E-state index >= 15 is 0 Å². The smallest absolute Gasteiger partial charge is 0.303 e. The Labute approximate surface area is 219 Å². The fraction of sp³-hybridized carbons (Fsp3) is 0.533. The van der Waals surface area contributed by atoms with Gasteiger partial charge in [-0.15, -0.1) is 0 Å². The van der Waals surface area contributed by atoms with Crippen molar-refractivity contribution in [1.82, 2.24) is 4.90 Å². The lowest BCUT2D eigenvalue weighted by atomic mass is 9.68. The van der Waals surface area contributed by atoms with Crippen LogP contribution in [0.4, 0.5) is 5.69 Å². The first-order chi connectivity index (χ1) is 17.7. The van der Waals surface area contributed by atoms with Crippen LogP contribution >= 0.6 is 0 Å². The highest BCUT2D eigenvalue weighted by molar-refractivity contribution is 5.78. The summed E-state index contributed by atoms with van der Waals surface area (Å²) in [5.41, 5.74) is 2.27. The van der Waals surface area contributed by atoms with Crippen molar-refractivity contribution in [3.8, 4) is 5.75 Å². The van der Waals surface area contributed by atoms with E-state index < -0.39 is 11.6 Å². The highest BCUT2D eigenvalue weighted by Crippen LogP contribution is 2.55. The number of carbonyl (C=O) groups excluding carboxylic acids is 1. The van der Waals surface area contributed by atoms with Crippen LogP contribution in [0.1, 0.15) is 62.7 Å². The van der Waals surface area contributed by atoms with Gasteiger partial charge in [0.15, 0.2) is 0 Å². The molecule has 0 radical (unpaired) electrons. The van der Waals surface area contributed by atoms with Gasteiger partial charge in [0.1, 0.15) is 11.4 Å². The lowest BCUT2D eigenvalue weighted by Crippen LogP contribution is -2.60. The van der Waals surface area contributed by atoms with E-state index in [1.165, 1.54) is 0 Å². The molecule has 5 rings (SSSR count). The van der Waals surface area contributed by atoms with Crippen molar-refractivity contribution in [1.29, 1.82) is 0 Å². The first-order valence-electron chi connectivity index (χ1n) is 13.4. The van der Waals surface area contributed by atoms with Crippen LogP contribution in [0.5, 0.6) is 5.75 Å². The molecule has 198 valence electrons. The summed E-state index contributed by atoms with van der Waals surface area (Å²) in [5, 5.41) is 9.42. The molecule has 1 amide bonds. The van der Waals surface area contributed by atoms with Crippen molar-refractivity contribution in [2.75, 3.05) is 32.1 Å². The Hall–Kier alpha value is -3.06. The quantitative estimate of drug-likeness (QED) is 0.579. The minimum absolute atomic E-state index is 0.0319. The molecule has 3 aliphatic rings. The molecular weight excluding hydrogens is 468 g/mol. The monoisotopic (exact) mass is 506 g/mol.